The number of carbonyl (C=O) groups is 1. The molecule has 3 aromatic heterocycles. The molecule has 1 radical (unpaired) electrons. The molecule has 3 heterocycles. The number of aryl methyl sites for hydroxylation is 2. The zero-order chi connectivity index (χ0) is 18.5. The number of carbonyl (C=O) groups excluding carboxylic acids is 1. The van der Waals surface area contributed by atoms with Gasteiger partial charge in [-0.05, 0) is 51.1 Å². The molecule has 0 aliphatic heterocycles. The van der Waals surface area contributed by atoms with E-state index in [4.69, 9.17) is 9.52 Å². The summed E-state index contributed by atoms with van der Waals surface area (Å²) in [6.45, 7) is 2.85. The van der Waals surface area contributed by atoms with Crippen molar-refractivity contribution in [1.29, 1.82) is 0 Å². The van der Waals surface area contributed by atoms with Crippen LogP contribution in [0.25, 0.3) is 22.4 Å². The third kappa shape index (κ3) is 5.12. The topological polar surface area (TPSA) is 76.2 Å². The maximum absolute atomic E-state index is 10.0. The van der Waals surface area contributed by atoms with Crippen molar-refractivity contribution in [2.45, 2.75) is 39.5 Å². The fraction of sp³-hybridized carbons (Fsp3) is 0.286. The van der Waals surface area contributed by atoms with Crippen LogP contribution in [0.2, 0.25) is 0 Å². The first-order valence-electron chi connectivity index (χ1n) is 8.66. The van der Waals surface area contributed by atoms with Gasteiger partial charge in [0.15, 0.2) is 5.78 Å². The number of aromatic nitrogens is 2. The number of rotatable bonds is 2. The maximum Gasteiger partial charge on any atom is 0.155 e. The predicted octanol–water partition coefficient (Wildman–Crippen LogP) is 4.60. The number of pyridine rings is 2. The molecule has 0 saturated heterocycles. The first-order chi connectivity index (χ1) is 12.6. The van der Waals surface area contributed by atoms with Crippen LogP contribution in [-0.2, 0) is 37.7 Å². The number of fused-ring (bicyclic) bond motifs is 3. The zero-order valence-corrected chi connectivity index (χ0v) is 17.7. The second kappa shape index (κ2) is 9.58. The molecule has 0 amide bonds. The molecule has 3 aromatic rings. The average molecular weight is 542 g/mol. The van der Waals surface area contributed by atoms with E-state index in [1.807, 2.05) is 18.2 Å². The van der Waals surface area contributed by atoms with E-state index in [-0.39, 0.29) is 31.6 Å². The molecule has 0 saturated carbocycles. The largest absolute Gasteiger partial charge is 0.517 e. The van der Waals surface area contributed by atoms with Gasteiger partial charge in [0.1, 0.15) is 0 Å². The fourth-order valence-corrected chi connectivity index (χ4v) is 3.08. The van der Waals surface area contributed by atoms with Crippen molar-refractivity contribution in [1.82, 2.24) is 9.97 Å². The van der Waals surface area contributed by atoms with Gasteiger partial charge in [-0.25, -0.2) is 0 Å². The van der Waals surface area contributed by atoms with Crippen molar-refractivity contribution in [2.75, 3.05) is 0 Å². The zero-order valence-electron chi connectivity index (χ0n) is 15.3. The summed E-state index contributed by atoms with van der Waals surface area (Å²) in [6.07, 6.45) is 9.21. The fourth-order valence-electron chi connectivity index (χ4n) is 3.08. The van der Waals surface area contributed by atoms with E-state index in [2.05, 4.69) is 16.0 Å². The molecular formula is C21H21IrN2O3-. The number of hydrogen-bond donors (Lipinski definition) is 1. The number of hydrogen-bond acceptors (Lipinski definition) is 5. The standard InChI is InChI=1S/C16H13N2O.C5H8O2.Ir/c1-2-7-14-12(5-1)15-16(19-14)11(8-10-18-15)13-6-3-4-9-17-13;1-4(6)3-5(2)7;/h3-4,6,9-10H,1-2,5,7H2;3,6H,1-2H3;/q-1;;/b;4-3-;. The Morgan fingerprint density at radius 1 is 1.22 bits per heavy atom. The molecule has 1 aliphatic carbocycles. The van der Waals surface area contributed by atoms with Crippen LogP contribution in [0, 0.1) is 6.07 Å². The van der Waals surface area contributed by atoms with Crippen LogP contribution < -0.4 is 0 Å². The summed E-state index contributed by atoms with van der Waals surface area (Å²) in [5.74, 6) is 1.04. The van der Waals surface area contributed by atoms with Gasteiger partial charge in [0.2, 0.25) is 0 Å². The van der Waals surface area contributed by atoms with Crippen LogP contribution in [0.1, 0.15) is 38.0 Å². The summed E-state index contributed by atoms with van der Waals surface area (Å²) in [5, 5.41) is 8.36. The Hall–Kier alpha value is -2.30. The number of aliphatic hydroxyl groups is 1. The normalized spacial score (nSPS) is 13.2. The van der Waals surface area contributed by atoms with Gasteiger partial charge in [-0.15, -0.1) is 5.56 Å². The molecule has 1 N–H and O–H groups in total. The second-order valence-corrected chi connectivity index (χ2v) is 6.28. The van der Waals surface area contributed by atoms with Crippen molar-refractivity contribution in [3.05, 3.63) is 59.8 Å². The Morgan fingerprint density at radius 2 is 2.00 bits per heavy atom. The van der Waals surface area contributed by atoms with Crippen molar-refractivity contribution in [3.63, 3.8) is 0 Å². The minimum Gasteiger partial charge on any atom is -0.517 e. The molecule has 5 nitrogen and oxygen atoms in total. The Morgan fingerprint density at radius 3 is 2.63 bits per heavy atom. The van der Waals surface area contributed by atoms with E-state index in [9.17, 15) is 4.79 Å². The number of furan rings is 1. The Kier molecular flexibility index (Phi) is 7.45. The van der Waals surface area contributed by atoms with E-state index in [0.717, 1.165) is 41.0 Å². The van der Waals surface area contributed by atoms with Crippen molar-refractivity contribution in [2.24, 2.45) is 0 Å². The smallest absolute Gasteiger partial charge is 0.155 e. The van der Waals surface area contributed by atoms with Gasteiger partial charge >= 0.3 is 0 Å². The number of allylic oxidation sites excluding steroid dienone is 2. The Balaban J connectivity index is 0.000000285. The SMILES string of the molecule is CC(=O)/C=C(/C)O.[Ir].[c-]1cnc2c3c(oc2c1-c1ccccn1)CCCC3. The molecule has 1 aliphatic rings. The second-order valence-electron chi connectivity index (χ2n) is 6.28. The van der Waals surface area contributed by atoms with Gasteiger partial charge in [-0.3, -0.25) is 9.78 Å². The summed E-state index contributed by atoms with van der Waals surface area (Å²) in [6, 6.07) is 9.04. The van der Waals surface area contributed by atoms with Crippen LogP contribution in [0.5, 0.6) is 0 Å². The van der Waals surface area contributed by atoms with Gasteiger partial charge in [0.05, 0.1) is 17.0 Å². The van der Waals surface area contributed by atoms with Crippen LogP contribution in [0.3, 0.4) is 0 Å². The molecule has 0 bridgehead atoms. The molecule has 0 fully saturated rings. The van der Waals surface area contributed by atoms with Crippen molar-refractivity contribution >= 4 is 16.9 Å². The summed E-state index contributed by atoms with van der Waals surface area (Å²) < 4.78 is 6.04. The minimum atomic E-state index is -0.125. The minimum absolute atomic E-state index is 0. The number of nitrogens with zero attached hydrogens (tertiary/aromatic N) is 2. The van der Waals surface area contributed by atoms with Gasteiger partial charge < -0.3 is 14.5 Å². The average Bonchev–Trinajstić information content (AvgIpc) is 3.00. The summed E-state index contributed by atoms with van der Waals surface area (Å²) in [7, 11) is 0. The number of ketones is 1. The molecular weight excluding hydrogens is 520 g/mol. The first kappa shape index (κ1) is 21.0. The van der Waals surface area contributed by atoms with Crippen LogP contribution in [0.15, 0.2) is 46.8 Å². The molecule has 0 aromatic carbocycles. The molecule has 27 heavy (non-hydrogen) atoms. The van der Waals surface area contributed by atoms with Crippen LogP contribution in [0.4, 0.5) is 0 Å². The summed E-state index contributed by atoms with van der Waals surface area (Å²) in [5.41, 5.74) is 4.93. The van der Waals surface area contributed by atoms with Crippen LogP contribution >= 0.6 is 0 Å². The first-order valence-corrected chi connectivity index (χ1v) is 8.66. The van der Waals surface area contributed by atoms with Gasteiger partial charge in [0, 0.05) is 49.9 Å². The van der Waals surface area contributed by atoms with Crippen LogP contribution in [-0.4, -0.2) is 20.9 Å². The quantitative estimate of drug-likeness (QED) is 0.292. The van der Waals surface area contributed by atoms with E-state index in [0.29, 0.717) is 0 Å². The third-order valence-corrected chi connectivity index (χ3v) is 4.11. The van der Waals surface area contributed by atoms with Crippen molar-refractivity contribution < 1.29 is 34.4 Å². The Bertz CT molecular complexity index is 945. The molecule has 0 spiro atoms. The predicted molar refractivity (Wildman–Crippen MR) is 99.8 cm³/mol. The van der Waals surface area contributed by atoms with E-state index in [1.165, 1.54) is 38.3 Å². The van der Waals surface area contributed by atoms with Crippen molar-refractivity contribution in [3.8, 4) is 11.3 Å². The summed E-state index contributed by atoms with van der Waals surface area (Å²) in [4.78, 5) is 18.9. The van der Waals surface area contributed by atoms with Gasteiger partial charge in [-0.2, -0.15) is 6.07 Å². The molecule has 6 heteroatoms. The Labute approximate surface area is 171 Å². The van der Waals surface area contributed by atoms with Gasteiger partial charge in [0.25, 0.3) is 0 Å². The molecule has 0 atom stereocenters. The monoisotopic (exact) mass is 542 g/mol. The van der Waals surface area contributed by atoms with Gasteiger partial charge in [-0.1, -0.05) is 12.1 Å². The van der Waals surface area contributed by atoms with E-state index >= 15 is 0 Å². The van der Waals surface area contributed by atoms with E-state index in [1.54, 1.807) is 12.4 Å². The molecule has 0 unspecified atom stereocenters. The third-order valence-electron chi connectivity index (χ3n) is 4.11. The maximum atomic E-state index is 10.0. The number of aliphatic hydroxyl groups excluding tert-OH is 1. The molecule has 143 valence electrons. The van der Waals surface area contributed by atoms with E-state index < -0.39 is 0 Å². The molecule has 4 rings (SSSR count). The summed E-state index contributed by atoms with van der Waals surface area (Å²) >= 11 is 0.